The quantitative estimate of drug-likeness (QED) is 0.633. The molecule has 1 atom stereocenters. The van der Waals surface area contributed by atoms with Gasteiger partial charge in [-0.1, -0.05) is 24.3 Å². The monoisotopic (exact) mass is 336 g/mol. The maximum Gasteiger partial charge on any atom is 0.262 e. The van der Waals surface area contributed by atoms with Crippen molar-refractivity contribution < 1.29 is 18.0 Å². The number of aryl methyl sites for hydroxylation is 1. The topological polar surface area (TPSA) is 92.3 Å². The van der Waals surface area contributed by atoms with Gasteiger partial charge in [-0.2, -0.15) is 0 Å². The van der Waals surface area contributed by atoms with E-state index >= 15 is 0 Å². The van der Waals surface area contributed by atoms with Gasteiger partial charge in [0.2, 0.25) is 5.91 Å². The van der Waals surface area contributed by atoms with Crippen LogP contribution in [0.5, 0.6) is 0 Å². The van der Waals surface area contributed by atoms with Gasteiger partial charge in [0.05, 0.1) is 11.5 Å². The van der Waals surface area contributed by atoms with E-state index in [2.05, 4.69) is 10.9 Å². The van der Waals surface area contributed by atoms with Crippen LogP contribution in [0.2, 0.25) is 0 Å². The maximum atomic E-state index is 11.7. The van der Waals surface area contributed by atoms with Crippen molar-refractivity contribution in [3.05, 3.63) is 41.5 Å². The Bertz CT molecular complexity index is 725. The number of carbonyl (C=O) groups excluding carboxylic acids is 2. The third-order valence-corrected chi connectivity index (χ3v) is 5.57. The second-order valence-corrected chi connectivity index (χ2v) is 7.93. The molecule has 1 fully saturated rings. The van der Waals surface area contributed by atoms with Crippen molar-refractivity contribution in [2.75, 3.05) is 11.5 Å². The lowest BCUT2D eigenvalue weighted by Gasteiger charge is -2.08. The first-order valence-electron chi connectivity index (χ1n) is 7.39. The minimum Gasteiger partial charge on any atom is -0.273 e. The molecule has 7 heteroatoms. The minimum atomic E-state index is -2.99. The van der Waals surface area contributed by atoms with E-state index in [4.69, 9.17) is 0 Å². The first kappa shape index (κ1) is 17.2. The zero-order valence-electron chi connectivity index (χ0n) is 12.9. The summed E-state index contributed by atoms with van der Waals surface area (Å²) in [5.74, 6) is -0.817. The molecule has 1 aromatic rings. The standard InChI is InChI=1S/C16H20N2O4S/c1-12-4-2-3-5-14(12)6-7-15(19)17-18-16(20)10-13-8-9-23(21,22)11-13/h2-7,13H,8-11H2,1H3,(H,17,19)(H,18,20)/b7-6+/t13-/m1/s1. The number of nitrogens with one attached hydrogen (secondary N) is 2. The lowest BCUT2D eigenvalue weighted by Crippen LogP contribution is -2.41. The number of amides is 2. The fourth-order valence-corrected chi connectivity index (χ4v) is 4.32. The SMILES string of the molecule is Cc1ccccc1/C=C/C(=O)NNC(=O)C[C@H]1CCS(=O)(=O)C1. The van der Waals surface area contributed by atoms with E-state index in [-0.39, 0.29) is 29.8 Å². The smallest absolute Gasteiger partial charge is 0.262 e. The van der Waals surface area contributed by atoms with Gasteiger partial charge in [-0.25, -0.2) is 8.42 Å². The molecule has 1 heterocycles. The molecule has 1 aliphatic rings. The summed E-state index contributed by atoms with van der Waals surface area (Å²) in [5.41, 5.74) is 6.56. The molecular formula is C16H20N2O4S. The van der Waals surface area contributed by atoms with E-state index in [1.807, 2.05) is 31.2 Å². The summed E-state index contributed by atoms with van der Waals surface area (Å²) in [6.45, 7) is 1.94. The summed E-state index contributed by atoms with van der Waals surface area (Å²) in [6, 6.07) is 7.62. The third kappa shape index (κ3) is 5.52. The van der Waals surface area contributed by atoms with Gasteiger partial charge in [0.15, 0.2) is 9.84 Å². The molecule has 6 nitrogen and oxygen atoms in total. The Kier molecular flexibility index (Phi) is 5.54. The summed E-state index contributed by atoms with van der Waals surface area (Å²) < 4.78 is 22.7. The van der Waals surface area contributed by atoms with Crippen LogP contribution >= 0.6 is 0 Å². The van der Waals surface area contributed by atoms with Gasteiger partial charge < -0.3 is 0 Å². The third-order valence-electron chi connectivity index (χ3n) is 3.73. The molecule has 1 aromatic carbocycles. The van der Waals surface area contributed by atoms with Crippen LogP contribution in [0.4, 0.5) is 0 Å². The Hall–Kier alpha value is -2.15. The van der Waals surface area contributed by atoms with Gasteiger partial charge in [-0.15, -0.1) is 0 Å². The van der Waals surface area contributed by atoms with Crippen molar-refractivity contribution in [3.8, 4) is 0 Å². The molecule has 23 heavy (non-hydrogen) atoms. The average Bonchev–Trinajstić information content (AvgIpc) is 2.83. The van der Waals surface area contributed by atoms with E-state index in [1.54, 1.807) is 6.08 Å². The summed E-state index contributed by atoms with van der Waals surface area (Å²) in [5, 5.41) is 0. The van der Waals surface area contributed by atoms with Crippen molar-refractivity contribution in [3.63, 3.8) is 0 Å². The average molecular weight is 336 g/mol. The Labute approximate surface area is 135 Å². The van der Waals surface area contributed by atoms with Crippen LogP contribution in [0, 0.1) is 12.8 Å². The molecule has 2 rings (SSSR count). The molecule has 0 saturated carbocycles. The fourth-order valence-electron chi connectivity index (χ4n) is 2.46. The highest BCUT2D eigenvalue weighted by Gasteiger charge is 2.29. The number of hydrogen-bond acceptors (Lipinski definition) is 4. The molecule has 2 N–H and O–H groups in total. The lowest BCUT2D eigenvalue weighted by molar-refractivity contribution is -0.127. The van der Waals surface area contributed by atoms with E-state index in [1.165, 1.54) is 6.08 Å². The first-order chi connectivity index (χ1) is 10.9. The van der Waals surface area contributed by atoms with E-state index < -0.39 is 15.7 Å². The molecule has 2 amide bonds. The van der Waals surface area contributed by atoms with Gasteiger partial charge >= 0.3 is 0 Å². The van der Waals surface area contributed by atoms with Crippen LogP contribution in [0.1, 0.15) is 24.0 Å². The molecule has 0 aliphatic carbocycles. The zero-order chi connectivity index (χ0) is 16.9. The maximum absolute atomic E-state index is 11.7. The van der Waals surface area contributed by atoms with Crippen molar-refractivity contribution in [1.82, 2.24) is 10.9 Å². The summed E-state index contributed by atoms with van der Waals surface area (Å²) in [7, 11) is -2.99. The number of sulfone groups is 1. The number of benzene rings is 1. The Morgan fingerprint density at radius 3 is 2.65 bits per heavy atom. The highest BCUT2D eigenvalue weighted by atomic mass is 32.2. The molecule has 0 aromatic heterocycles. The first-order valence-corrected chi connectivity index (χ1v) is 9.21. The van der Waals surface area contributed by atoms with Crippen LogP contribution in [0.15, 0.2) is 30.3 Å². The normalized spacial score (nSPS) is 19.6. The van der Waals surface area contributed by atoms with E-state index in [0.717, 1.165) is 11.1 Å². The van der Waals surface area contributed by atoms with Crippen molar-refractivity contribution in [1.29, 1.82) is 0 Å². The van der Waals surface area contributed by atoms with Crippen LogP contribution in [0.3, 0.4) is 0 Å². The number of hydrogen-bond donors (Lipinski definition) is 2. The zero-order valence-corrected chi connectivity index (χ0v) is 13.7. The van der Waals surface area contributed by atoms with Gasteiger partial charge in [-0.05, 0) is 36.5 Å². The largest absolute Gasteiger partial charge is 0.273 e. The number of carbonyl (C=O) groups is 2. The summed E-state index contributed by atoms with van der Waals surface area (Å²) in [6.07, 6.45) is 3.60. The molecule has 0 radical (unpaired) electrons. The van der Waals surface area contributed by atoms with E-state index in [0.29, 0.717) is 6.42 Å². The van der Waals surface area contributed by atoms with Crippen LogP contribution < -0.4 is 10.9 Å². The molecule has 1 saturated heterocycles. The number of rotatable bonds is 4. The van der Waals surface area contributed by atoms with Crippen molar-refractivity contribution >= 4 is 27.7 Å². The molecular weight excluding hydrogens is 316 g/mol. The highest BCUT2D eigenvalue weighted by Crippen LogP contribution is 2.21. The highest BCUT2D eigenvalue weighted by molar-refractivity contribution is 7.91. The molecule has 1 aliphatic heterocycles. The van der Waals surface area contributed by atoms with Gasteiger partial charge in [-0.3, -0.25) is 20.4 Å². The molecule has 124 valence electrons. The van der Waals surface area contributed by atoms with Crippen LogP contribution in [-0.4, -0.2) is 31.7 Å². The lowest BCUT2D eigenvalue weighted by atomic mass is 10.1. The second-order valence-electron chi connectivity index (χ2n) is 5.70. The summed E-state index contributed by atoms with van der Waals surface area (Å²) in [4.78, 5) is 23.4. The Morgan fingerprint density at radius 1 is 1.26 bits per heavy atom. The second kappa shape index (κ2) is 7.41. The van der Waals surface area contributed by atoms with Gasteiger partial charge in [0.25, 0.3) is 5.91 Å². The van der Waals surface area contributed by atoms with Crippen LogP contribution in [-0.2, 0) is 19.4 Å². The van der Waals surface area contributed by atoms with Gasteiger partial charge in [0.1, 0.15) is 0 Å². The number of hydrazine groups is 1. The Balaban J connectivity index is 1.76. The minimum absolute atomic E-state index is 0.0432. The van der Waals surface area contributed by atoms with Crippen LogP contribution in [0.25, 0.3) is 6.08 Å². The van der Waals surface area contributed by atoms with E-state index in [9.17, 15) is 18.0 Å². The molecule has 0 bridgehead atoms. The fraction of sp³-hybridized carbons (Fsp3) is 0.375. The molecule has 0 spiro atoms. The predicted molar refractivity (Wildman–Crippen MR) is 87.9 cm³/mol. The van der Waals surface area contributed by atoms with Crippen molar-refractivity contribution in [2.45, 2.75) is 19.8 Å². The van der Waals surface area contributed by atoms with Crippen molar-refractivity contribution in [2.24, 2.45) is 5.92 Å². The predicted octanol–water partition coefficient (Wildman–Crippen LogP) is 0.980. The summed E-state index contributed by atoms with van der Waals surface area (Å²) >= 11 is 0. The Morgan fingerprint density at radius 2 is 2.00 bits per heavy atom. The van der Waals surface area contributed by atoms with Gasteiger partial charge in [0, 0.05) is 12.5 Å². The molecule has 0 unspecified atom stereocenters.